The first-order chi connectivity index (χ1) is 10.2. The average Bonchev–Trinajstić information content (AvgIpc) is 2.53. The van der Waals surface area contributed by atoms with Crippen molar-refractivity contribution in [1.29, 1.82) is 0 Å². The molecule has 1 atom stereocenters. The van der Waals surface area contributed by atoms with Crippen molar-refractivity contribution in [1.82, 2.24) is 4.98 Å². The van der Waals surface area contributed by atoms with Gasteiger partial charge in [0.15, 0.2) is 0 Å². The second-order valence-electron chi connectivity index (χ2n) is 4.74. The Morgan fingerprint density at radius 2 is 1.90 bits per heavy atom. The maximum Gasteiger partial charge on any atom is 0.125 e. The number of methoxy groups -OCH3 is 1. The molecule has 106 valence electrons. The summed E-state index contributed by atoms with van der Waals surface area (Å²) < 4.78 is 6.25. The smallest absolute Gasteiger partial charge is 0.125 e. The number of hydrogen-bond acceptors (Lipinski definition) is 3. The molecule has 0 aliphatic rings. The molecule has 4 heteroatoms. The summed E-state index contributed by atoms with van der Waals surface area (Å²) in [6.45, 7) is 0. The van der Waals surface area contributed by atoms with Gasteiger partial charge in [-0.15, -0.1) is 0 Å². The Morgan fingerprint density at radius 1 is 1.10 bits per heavy atom. The fourth-order valence-corrected chi connectivity index (χ4v) is 2.82. The van der Waals surface area contributed by atoms with E-state index >= 15 is 0 Å². The first-order valence-corrected chi connectivity index (χ1v) is 7.34. The van der Waals surface area contributed by atoms with Crippen LogP contribution in [0, 0.1) is 0 Å². The van der Waals surface area contributed by atoms with Gasteiger partial charge in [0.1, 0.15) is 11.9 Å². The number of nitrogens with zero attached hydrogens (tertiary/aromatic N) is 1. The number of pyridine rings is 1. The Kier molecular flexibility index (Phi) is 3.90. The molecule has 1 N–H and O–H groups in total. The van der Waals surface area contributed by atoms with Crippen LogP contribution in [0.4, 0.5) is 0 Å². The van der Waals surface area contributed by atoms with E-state index in [4.69, 9.17) is 4.74 Å². The largest absolute Gasteiger partial charge is 0.496 e. The third-order valence-corrected chi connectivity index (χ3v) is 3.97. The number of ether oxygens (including phenoxy) is 1. The van der Waals surface area contributed by atoms with Gasteiger partial charge >= 0.3 is 0 Å². The Balaban J connectivity index is 2.17. The molecule has 0 amide bonds. The van der Waals surface area contributed by atoms with Crippen LogP contribution in [-0.4, -0.2) is 17.2 Å². The third kappa shape index (κ3) is 2.64. The van der Waals surface area contributed by atoms with E-state index in [0.717, 1.165) is 20.8 Å². The van der Waals surface area contributed by atoms with Gasteiger partial charge in [0, 0.05) is 33.4 Å². The Bertz CT molecular complexity index is 783. The van der Waals surface area contributed by atoms with Crippen LogP contribution in [-0.2, 0) is 0 Å². The first-order valence-electron chi connectivity index (χ1n) is 6.55. The minimum Gasteiger partial charge on any atom is -0.496 e. The highest BCUT2D eigenvalue weighted by molar-refractivity contribution is 9.10. The number of halogens is 1. The molecule has 0 spiro atoms. The van der Waals surface area contributed by atoms with Crippen LogP contribution in [0.2, 0.25) is 0 Å². The van der Waals surface area contributed by atoms with Crippen LogP contribution in [0.3, 0.4) is 0 Å². The number of rotatable bonds is 3. The summed E-state index contributed by atoms with van der Waals surface area (Å²) in [5.74, 6) is 0.652. The molecule has 0 saturated heterocycles. The monoisotopic (exact) mass is 343 g/mol. The van der Waals surface area contributed by atoms with Gasteiger partial charge in [-0.25, -0.2) is 0 Å². The molecular weight excluding hydrogens is 330 g/mol. The molecular formula is C17H14BrNO2. The van der Waals surface area contributed by atoms with Gasteiger partial charge in [0.25, 0.3) is 0 Å². The molecule has 0 radical (unpaired) electrons. The Hall–Kier alpha value is -1.91. The third-order valence-electron chi connectivity index (χ3n) is 3.48. The molecule has 0 aliphatic heterocycles. The Labute approximate surface area is 131 Å². The maximum absolute atomic E-state index is 10.8. The molecule has 3 aromatic rings. The van der Waals surface area contributed by atoms with Crippen molar-refractivity contribution in [3.63, 3.8) is 0 Å². The second-order valence-corrected chi connectivity index (χ2v) is 5.65. The highest BCUT2D eigenvalue weighted by Gasteiger charge is 2.18. The van der Waals surface area contributed by atoms with Crippen molar-refractivity contribution in [2.24, 2.45) is 0 Å². The van der Waals surface area contributed by atoms with E-state index in [1.807, 2.05) is 42.5 Å². The van der Waals surface area contributed by atoms with E-state index in [9.17, 15) is 5.11 Å². The first kappa shape index (κ1) is 14.0. The minimum absolute atomic E-state index is 0.652. The Morgan fingerprint density at radius 3 is 2.71 bits per heavy atom. The maximum atomic E-state index is 10.8. The molecule has 1 unspecified atom stereocenters. The molecule has 0 bridgehead atoms. The van der Waals surface area contributed by atoms with Crippen LogP contribution in [0.15, 0.2) is 59.3 Å². The number of hydrogen-bond donors (Lipinski definition) is 1. The van der Waals surface area contributed by atoms with E-state index in [0.29, 0.717) is 11.3 Å². The molecule has 21 heavy (non-hydrogen) atoms. The zero-order chi connectivity index (χ0) is 14.8. The van der Waals surface area contributed by atoms with E-state index in [1.54, 1.807) is 19.5 Å². The molecule has 0 fully saturated rings. The summed E-state index contributed by atoms with van der Waals surface area (Å²) >= 11 is 3.43. The normalized spacial score (nSPS) is 12.3. The average molecular weight is 344 g/mol. The summed E-state index contributed by atoms with van der Waals surface area (Å²) in [6.07, 6.45) is 2.70. The summed E-state index contributed by atoms with van der Waals surface area (Å²) in [4.78, 5) is 4.22. The van der Waals surface area contributed by atoms with Crippen LogP contribution in [0.1, 0.15) is 17.2 Å². The van der Waals surface area contributed by atoms with Gasteiger partial charge in [0.2, 0.25) is 0 Å². The fourth-order valence-electron chi connectivity index (χ4n) is 2.44. The number of aliphatic hydroxyl groups is 1. The topological polar surface area (TPSA) is 42.4 Å². The fraction of sp³-hybridized carbons (Fsp3) is 0.118. The van der Waals surface area contributed by atoms with Crippen molar-refractivity contribution >= 4 is 26.7 Å². The van der Waals surface area contributed by atoms with E-state index < -0.39 is 6.10 Å². The summed E-state index contributed by atoms with van der Waals surface area (Å²) in [6, 6.07) is 13.5. The highest BCUT2D eigenvalue weighted by atomic mass is 79.9. The number of aromatic nitrogens is 1. The zero-order valence-electron chi connectivity index (χ0n) is 11.5. The van der Waals surface area contributed by atoms with E-state index in [-0.39, 0.29) is 0 Å². The van der Waals surface area contributed by atoms with Gasteiger partial charge < -0.3 is 9.84 Å². The summed E-state index contributed by atoms with van der Waals surface area (Å²) in [5, 5.41) is 12.8. The van der Waals surface area contributed by atoms with Gasteiger partial charge in [-0.2, -0.15) is 0 Å². The lowest BCUT2D eigenvalue weighted by Gasteiger charge is -2.17. The molecule has 0 aliphatic carbocycles. The van der Waals surface area contributed by atoms with Crippen molar-refractivity contribution in [3.8, 4) is 5.75 Å². The standard InChI is InChI=1S/C17H14BrNO2/c1-21-16-7-6-12(18)8-14(16)17(20)15-10-19-9-11-4-2-3-5-13(11)15/h2-10,17,20H,1H3. The van der Waals surface area contributed by atoms with E-state index in [1.165, 1.54) is 0 Å². The van der Waals surface area contributed by atoms with Gasteiger partial charge in [0.05, 0.1) is 7.11 Å². The van der Waals surface area contributed by atoms with Crippen molar-refractivity contribution in [3.05, 3.63) is 70.5 Å². The lowest BCUT2D eigenvalue weighted by atomic mass is 9.97. The molecule has 0 saturated carbocycles. The van der Waals surface area contributed by atoms with Crippen LogP contribution >= 0.6 is 15.9 Å². The minimum atomic E-state index is -0.795. The second kappa shape index (κ2) is 5.84. The summed E-state index contributed by atoms with van der Waals surface area (Å²) in [7, 11) is 1.60. The van der Waals surface area contributed by atoms with Crippen LogP contribution in [0.25, 0.3) is 10.8 Å². The van der Waals surface area contributed by atoms with E-state index in [2.05, 4.69) is 20.9 Å². The lowest BCUT2D eigenvalue weighted by molar-refractivity contribution is 0.216. The molecule has 1 aromatic heterocycles. The molecule has 2 aromatic carbocycles. The van der Waals surface area contributed by atoms with Gasteiger partial charge in [-0.05, 0) is 23.6 Å². The molecule has 1 heterocycles. The number of fused-ring (bicyclic) bond motifs is 1. The van der Waals surface area contributed by atoms with Crippen LogP contribution < -0.4 is 4.74 Å². The molecule has 3 nitrogen and oxygen atoms in total. The predicted molar refractivity (Wildman–Crippen MR) is 86.5 cm³/mol. The quantitative estimate of drug-likeness (QED) is 0.778. The predicted octanol–water partition coefficient (Wildman–Crippen LogP) is 4.09. The lowest BCUT2D eigenvalue weighted by Crippen LogP contribution is -2.04. The summed E-state index contributed by atoms with van der Waals surface area (Å²) in [5.41, 5.74) is 1.48. The van der Waals surface area contributed by atoms with Crippen molar-refractivity contribution in [2.45, 2.75) is 6.10 Å². The SMILES string of the molecule is COc1ccc(Br)cc1C(O)c1cncc2ccccc12. The number of benzene rings is 2. The van der Waals surface area contributed by atoms with Crippen molar-refractivity contribution < 1.29 is 9.84 Å². The highest BCUT2D eigenvalue weighted by Crippen LogP contribution is 2.34. The van der Waals surface area contributed by atoms with Crippen LogP contribution in [0.5, 0.6) is 5.75 Å². The number of aliphatic hydroxyl groups excluding tert-OH is 1. The van der Waals surface area contributed by atoms with Gasteiger partial charge in [-0.1, -0.05) is 40.2 Å². The van der Waals surface area contributed by atoms with Gasteiger partial charge in [-0.3, -0.25) is 4.98 Å². The van der Waals surface area contributed by atoms with Crippen molar-refractivity contribution in [2.75, 3.05) is 7.11 Å². The molecule has 3 rings (SSSR count). The zero-order valence-corrected chi connectivity index (χ0v) is 13.0.